The topological polar surface area (TPSA) is 72.5 Å². The molecule has 1 N–H and O–H groups in total. The first-order valence-corrected chi connectivity index (χ1v) is 14.3. The van der Waals surface area contributed by atoms with Crippen molar-refractivity contribution in [2.24, 2.45) is 5.92 Å². The lowest BCUT2D eigenvalue weighted by molar-refractivity contribution is -0.143. The van der Waals surface area contributed by atoms with Crippen LogP contribution in [0.4, 0.5) is 0 Å². The molecule has 0 amide bonds. The van der Waals surface area contributed by atoms with E-state index in [0.717, 1.165) is 49.4 Å². The summed E-state index contributed by atoms with van der Waals surface area (Å²) in [4.78, 5) is 12.1. The van der Waals surface area contributed by atoms with Gasteiger partial charge in [0.15, 0.2) is 0 Å². The van der Waals surface area contributed by atoms with Crippen molar-refractivity contribution in [1.29, 1.82) is 0 Å². The van der Waals surface area contributed by atoms with Crippen molar-refractivity contribution in [3.05, 3.63) is 40.9 Å². The Bertz CT molecular complexity index is 808. The number of hydrogen-bond acceptors (Lipinski definition) is 4. The van der Waals surface area contributed by atoms with Gasteiger partial charge < -0.3 is 4.74 Å². The molecule has 5 nitrogen and oxygen atoms in total. The number of ether oxygens (including phenoxy) is 1. The Balaban J connectivity index is 1.56. The molecule has 1 aliphatic carbocycles. The summed E-state index contributed by atoms with van der Waals surface area (Å²) in [6.45, 7) is 2.75. The van der Waals surface area contributed by atoms with Crippen LogP contribution in [0.3, 0.4) is 0 Å². The van der Waals surface area contributed by atoms with Gasteiger partial charge in [0.1, 0.15) is 0 Å². The molecule has 0 bridgehead atoms. The second-order valence-corrected chi connectivity index (χ2v) is 11.3. The third kappa shape index (κ3) is 10.6. The van der Waals surface area contributed by atoms with E-state index < -0.39 is 10.0 Å². The van der Waals surface area contributed by atoms with E-state index in [0.29, 0.717) is 23.8 Å². The maximum atomic E-state index is 12.5. The lowest BCUT2D eigenvalue weighted by Crippen LogP contribution is -2.32. The number of hydrogen-bond donors (Lipinski definition) is 1. The number of halogens is 1. The van der Waals surface area contributed by atoms with Gasteiger partial charge in [0.05, 0.1) is 11.5 Å². The number of benzene rings is 1. The zero-order valence-corrected chi connectivity index (χ0v) is 21.6. The summed E-state index contributed by atoms with van der Waals surface area (Å²) in [6, 6.07) is 6.66. The standard InChI is InChI=1S/C25H38BrNO4S/c1-2-3-4-5-6-10-19-31-25(28)12-9-7-8-11-21-13-16-23(20-21)27-32(29,30)24-17-14-22(26)15-18-24/h8,11,14-15,17-18,21,23,27H,2-7,9-10,12-13,16,19-20H2,1H3. The molecule has 2 rings (SSSR count). The number of unbranched alkanes of at least 4 members (excludes halogenated alkanes) is 6. The quantitative estimate of drug-likeness (QED) is 0.160. The molecule has 0 saturated heterocycles. The maximum absolute atomic E-state index is 12.5. The van der Waals surface area contributed by atoms with Crippen LogP contribution in [-0.2, 0) is 19.6 Å². The van der Waals surface area contributed by atoms with Crippen LogP contribution >= 0.6 is 15.9 Å². The van der Waals surface area contributed by atoms with Gasteiger partial charge in [-0.3, -0.25) is 4.79 Å². The minimum absolute atomic E-state index is 0.0322. The van der Waals surface area contributed by atoms with Gasteiger partial charge in [-0.05, 0) is 68.7 Å². The molecule has 1 aliphatic rings. The van der Waals surface area contributed by atoms with Crippen LogP contribution in [-0.4, -0.2) is 27.0 Å². The van der Waals surface area contributed by atoms with Gasteiger partial charge in [-0.1, -0.05) is 67.1 Å². The molecule has 0 spiro atoms. The zero-order valence-electron chi connectivity index (χ0n) is 19.2. The highest BCUT2D eigenvalue weighted by Crippen LogP contribution is 2.28. The first kappa shape index (κ1) is 27.1. The van der Waals surface area contributed by atoms with E-state index in [-0.39, 0.29) is 12.0 Å². The molecule has 180 valence electrons. The monoisotopic (exact) mass is 527 g/mol. The van der Waals surface area contributed by atoms with Crippen LogP contribution in [0.15, 0.2) is 45.8 Å². The van der Waals surface area contributed by atoms with Crippen LogP contribution < -0.4 is 4.72 Å². The Morgan fingerprint density at radius 2 is 1.81 bits per heavy atom. The largest absolute Gasteiger partial charge is 0.466 e. The van der Waals surface area contributed by atoms with Gasteiger partial charge in [0, 0.05) is 16.9 Å². The molecule has 2 atom stereocenters. The van der Waals surface area contributed by atoms with Crippen molar-refractivity contribution >= 4 is 31.9 Å². The average molecular weight is 529 g/mol. The fourth-order valence-corrected chi connectivity index (χ4v) is 5.54. The van der Waals surface area contributed by atoms with Gasteiger partial charge in [0.2, 0.25) is 10.0 Å². The van der Waals surface area contributed by atoms with Gasteiger partial charge in [0.25, 0.3) is 0 Å². The third-order valence-electron chi connectivity index (χ3n) is 5.84. The molecule has 0 aromatic heterocycles. The first-order chi connectivity index (χ1) is 15.4. The number of esters is 1. The number of sulfonamides is 1. The Labute approximate surface area is 202 Å². The SMILES string of the molecule is CCCCCCCCOC(=O)CCCC=CC1CCC(NS(=O)(=O)c2ccc(Br)cc2)C1. The maximum Gasteiger partial charge on any atom is 0.305 e. The molecule has 0 radical (unpaired) electrons. The van der Waals surface area contributed by atoms with Crippen LogP contribution in [0, 0.1) is 5.92 Å². The molecule has 7 heteroatoms. The van der Waals surface area contributed by atoms with Gasteiger partial charge >= 0.3 is 5.97 Å². The minimum Gasteiger partial charge on any atom is -0.466 e. The van der Waals surface area contributed by atoms with E-state index in [1.54, 1.807) is 24.3 Å². The van der Waals surface area contributed by atoms with Gasteiger partial charge in [-0.25, -0.2) is 13.1 Å². The highest BCUT2D eigenvalue weighted by atomic mass is 79.9. The Morgan fingerprint density at radius 1 is 1.09 bits per heavy atom. The number of rotatable bonds is 15. The summed E-state index contributed by atoms with van der Waals surface area (Å²) in [6.07, 6.45) is 16.2. The van der Waals surface area contributed by atoms with Crippen molar-refractivity contribution in [2.45, 2.75) is 94.9 Å². The average Bonchev–Trinajstić information content (AvgIpc) is 3.19. The summed E-state index contributed by atoms with van der Waals surface area (Å²) < 4.78 is 34.1. The van der Waals surface area contributed by atoms with Crippen LogP contribution in [0.5, 0.6) is 0 Å². The molecular weight excluding hydrogens is 490 g/mol. The normalized spacial score (nSPS) is 18.9. The van der Waals surface area contributed by atoms with E-state index in [1.165, 1.54) is 25.7 Å². The smallest absolute Gasteiger partial charge is 0.305 e. The lowest BCUT2D eigenvalue weighted by atomic mass is 10.1. The van der Waals surface area contributed by atoms with Crippen LogP contribution in [0.1, 0.15) is 84.0 Å². The number of carbonyl (C=O) groups is 1. The fourth-order valence-electron chi connectivity index (χ4n) is 3.99. The lowest BCUT2D eigenvalue weighted by Gasteiger charge is -2.13. The molecule has 32 heavy (non-hydrogen) atoms. The number of carbonyl (C=O) groups excluding carboxylic acids is 1. The van der Waals surface area contributed by atoms with Gasteiger partial charge in [-0.15, -0.1) is 0 Å². The summed E-state index contributed by atoms with van der Waals surface area (Å²) >= 11 is 3.33. The summed E-state index contributed by atoms with van der Waals surface area (Å²) in [5.41, 5.74) is 0. The highest BCUT2D eigenvalue weighted by Gasteiger charge is 2.27. The van der Waals surface area contributed by atoms with Crippen molar-refractivity contribution in [3.8, 4) is 0 Å². The molecule has 0 heterocycles. The summed E-state index contributed by atoms with van der Waals surface area (Å²) in [5.74, 6) is 0.280. The van der Waals surface area contributed by atoms with E-state index in [4.69, 9.17) is 4.74 Å². The molecule has 1 fully saturated rings. The Kier molecular flexibility index (Phi) is 12.6. The van der Waals surface area contributed by atoms with Crippen molar-refractivity contribution < 1.29 is 17.9 Å². The minimum atomic E-state index is -3.48. The first-order valence-electron chi connectivity index (χ1n) is 12.0. The number of nitrogens with one attached hydrogen (secondary N) is 1. The predicted octanol–water partition coefficient (Wildman–Crippen LogP) is 6.53. The second-order valence-electron chi connectivity index (χ2n) is 8.65. The predicted molar refractivity (Wildman–Crippen MR) is 133 cm³/mol. The second kappa shape index (κ2) is 14.9. The zero-order chi connectivity index (χ0) is 23.2. The van der Waals surface area contributed by atoms with Crippen LogP contribution in [0.25, 0.3) is 0 Å². The van der Waals surface area contributed by atoms with Crippen molar-refractivity contribution in [2.75, 3.05) is 6.61 Å². The molecule has 1 aromatic carbocycles. The van der Waals surface area contributed by atoms with Crippen molar-refractivity contribution in [3.63, 3.8) is 0 Å². The molecule has 2 unspecified atom stereocenters. The number of allylic oxidation sites excluding steroid dienone is 2. The Hall–Kier alpha value is -1.18. The molecule has 1 saturated carbocycles. The third-order valence-corrected chi connectivity index (χ3v) is 7.90. The fraction of sp³-hybridized carbons (Fsp3) is 0.640. The highest BCUT2D eigenvalue weighted by molar-refractivity contribution is 9.10. The summed E-state index contributed by atoms with van der Waals surface area (Å²) in [7, 11) is -3.48. The van der Waals surface area contributed by atoms with E-state index in [9.17, 15) is 13.2 Å². The molecule has 1 aromatic rings. The molecule has 0 aliphatic heterocycles. The van der Waals surface area contributed by atoms with E-state index in [2.05, 4.69) is 39.7 Å². The summed E-state index contributed by atoms with van der Waals surface area (Å²) in [5, 5.41) is 0. The van der Waals surface area contributed by atoms with Crippen LogP contribution in [0.2, 0.25) is 0 Å². The van der Waals surface area contributed by atoms with E-state index in [1.807, 2.05) is 0 Å². The Morgan fingerprint density at radius 3 is 2.56 bits per heavy atom. The van der Waals surface area contributed by atoms with Gasteiger partial charge in [-0.2, -0.15) is 0 Å². The van der Waals surface area contributed by atoms with Crippen molar-refractivity contribution in [1.82, 2.24) is 4.72 Å². The molecular formula is C25H38BrNO4S. The van der Waals surface area contributed by atoms with E-state index >= 15 is 0 Å².